The van der Waals surface area contributed by atoms with Crippen molar-refractivity contribution in [2.24, 2.45) is 11.1 Å². The van der Waals surface area contributed by atoms with Gasteiger partial charge in [-0.05, 0) is 49.3 Å². The number of aromatic nitrogens is 5. The Morgan fingerprint density at radius 1 is 1.17 bits per heavy atom. The fourth-order valence-corrected chi connectivity index (χ4v) is 6.82. The first-order valence-electron chi connectivity index (χ1n) is 13.3. The Labute approximate surface area is 222 Å². The molecule has 4 aromatic heterocycles. The monoisotopic (exact) mass is 522 g/mol. The van der Waals surface area contributed by atoms with Gasteiger partial charge in [0, 0.05) is 71.3 Å². The molecule has 1 spiro atoms. The van der Waals surface area contributed by atoms with Gasteiger partial charge in [0.1, 0.15) is 5.82 Å². The number of pyridine rings is 2. The molecule has 10 heteroatoms. The van der Waals surface area contributed by atoms with Crippen LogP contribution in [0.5, 0.6) is 0 Å². The highest BCUT2D eigenvalue weighted by atomic mass is 35.5. The van der Waals surface area contributed by atoms with Crippen LogP contribution >= 0.6 is 23.4 Å². The fourth-order valence-electron chi connectivity index (χ4n) is 5.51. The molecule has 8 nitrogen and oxygen atoms in total. The Bertz CT molecular complexity index is 1490. The van der Waals surface area contributed by atoms with E-state index >= 15 is 0 Å². The number of piperidine rings is 1. The van der Waals surface area contributed by atoms with E-state index in [0.29, 0.717) is 10.8 Å². The first-order chi connectivity index (χ1) is 18.5. The van der Waals surface area contributed by atoms with Gasteiger partial charge in [0.25, 0.3) is 0 Å². The molecule has 1 aliphatic carbocycles. The summed E-state index contributed by atoms with van der Waals surface area (Å²) in [6.07, 6.45) is 10.2. The number of anilines is 2. The highest BCUT2D eigenvalue weighted by Gasteiger charge is 2.46. The summed E-state index contributed by atoms with van der Waals surface area (Å²) in [4.78, 5) is 24.2. The lowest BCUT2D eigenvalue weighted by atomic mass is 9.73. The Balaban J connectivity index is 1.27. The van der Waals surface area contributed by atoms with E-state index in [2.05, 4.69) is 25.9 Å². The molecule has 2 N–H and O–H groups in total. The molecule has 4 aromatic rings. The lowest BCUT2D eigenvalue weighted by molar-refractivity contribution is 0.186. The molecule has 0 saturated carbocycles. The van der Waals surface area contributed by atoms with Crippen LogP contribution in [-0.4, -0.2) is 51.5 Å². The summed E-state index contributed by atoms with van der Waals surface area (Å²) < 4.78 is 17.4. The zero-order valence-corrected chi connectivity index (χ0v) is 21.6. The molecule has 0 unspecified atom stereocenters. The number of imidazole rings is 1. The quantitative estimate of drug-likeness (QED) is 0.418. The molecule has 1 aliphatic heterocycles. The van der Waals surface area contributed by atoms with Gasteiger partial charge in [-0.2, -0.15) is 0 Å². The molecule has 6 rings (SSSR count). The van der Waals surface area contributed by atoms with Crippen LogP contribution in [0.2, 0.25) is 5.02 Å². The molecule has 1 fully saturated rings. The van der Waals surface area contributed by atoms with E-state index in [0.717, 1.165) is 65.1 Å². The third-order valence-electron chi connectivity index (χ3n) is 7.48. The van der Waals surface area contributed by atoms with Gasteiger partial charge < -0.3 is 15.5 Å². The molecule has 0 bridgehead atoms. The maximum atomic E-state index is 7.69. The second kappa shape index (κ2) is 8.90. The summed E-state index contributed by atoms with van der Waals surface area (Å²) in [5.41, 5.74) is 10.8. The van der Waals surface area contributed by atoms with Crippen molar-refractivity contribution < 1.29 is 2.74 Å². The number of fused-ring (bicyclic) bond motifs is 2. The summed E-state index contributed by atoms with van der Waals surface area (Å²) in [6.45, 7) is 3.73. The summed E-state index contributed by atoms with van der Waals surface area (Å²) in [7, 11) is -0.177. The van der Waals surface area contributed by atoms with E-state index in [1.807, 2.05) is 35.9 Å². The third kappa shape index (κ3) is 3.72. The lowest BCUT2D eigenvalue weighted by Gasteiger charge is -2.42. The number of halogens is 1. The minimum Gasteiger partial charge on any atom is -0.361 e. The Morgan fingerprint density at radius 3 is 2.78 bits per heavy atom. The standard InChI is InChI=1S/C26H29ClN8S/c1-16-21(36-19-6-10-30-23(20(19)27)33(2)3)24-31-11-14-35(24)25(32-16)34-12-7-26(8-13-34)15-18-17(22(26)28)5-4-9-29-18/h4-6,9-11,14,22H,7-8,12-13,15,28H2,1-3H3/t22-/m1/s1/i2D,3D. The fraction of sp³-hybridized carbons (Fsp3) is 0.385. The SMILES string of the molecule is [2H]CN(C[2H])c1nccc(Sc2c(C)nc(N3CCC4(CC3)Cc3ncccc3[C@H]4N)n3ccnc23)c1Cl. The van der Waals surface area contributed by atoms with Crippen LogP contribution in [-0.2, 0) is 6.42 Å². The van der Waals surface area contributed by atoms with Crippen LogP contribution in [0.15, 0.2) is 52.8 Å². The predicted molar refractivity (Wildman–Crippen MR) is 144 cm³/mol. The molecule has 1 atom stereocenters. The minimum absolute atomic E-state index is 0.0196. The smallest absolute Gasteiger partial charge is 0.211 e. The molecular formula is C26H29ClN8S. The van der Waals surface area contributed by atoms with Crippen LogP contribution in [0.4, 0.5) is 11.8 Å². The van der Waals surface area contributed by atoms with Gasteiger partial charge in [0.05, 0.1) is 15.6 Å². The van der Waals surface area contributed by atoms with Crippen LogP contribution in [0.25, 0.3) is 5.65 Å². The number of hydrogen-bond acceptors (Lipinski definition) is 8. The first kappa shape index (κ1) is 21.2. The maximum Gasteiger partial charge on any atom is 0.211 e. The van der Waals surface area contributed by atoms with Gasteiger partial charge in [-0.25, -0.2) is 15.0 Å². The highest BCUT2D eigenvalue weighted by Crippen LogP contribution is 2.50. The molecule has 5 heterocycles. The second-order valence-corrected chi connectivity index (χ2v) is 11.0. The van der Waals surface area contributed by atoms with E-state index < -0.39 is 0 Å². The van der Waals surface area contributed by atoms with Crippen molar-refractivity contribution in [3.05, 3.63) is 65.0 Å². The summed E-state index contributed by atoms with van der Waals surface area (Å²) >= 11 is 8.17. The Kier molecular flexibility index (Phi) is 5.25. The zero-order valence-electron chi connectivity index (χ0n) is 22.1. The number of hydrogen-bond donors (Lipinski definition) is 1. The van der Waals surface area contributed by atoms with Gasteiger partial charge >= 0.3 is 0 Å². The molecule has 2 aliphatic rings. The average Bonchev–Trinajstić information content (AvgIpc) is 3.52. The molecule has 186 valence electrons. The van der Waals surface area contributed by atoms with Crippen LogP contribution in [0.1, 0.15) is 38.6 Å². The number of nitrogens with zero attached hydrogens (tertiary/aromatic N) is 7. The summed E-state index contributed by atoms with van der Waals surface area (Å²) in [5, 5.41) is 0.426. The van der Waals surface area contributed by atoms with Gasteiger partial charge in [-0.3, -0.25) is 9.38 Å². The van der Waals surface area contributed by atoms with Crippen LogP contribution < -0.4 is 15.5 Å². The second-order valence-electron chi connectivity index (χ2n) is 9.58. The molecule has 0 aromatic carbocycles. The summed E-state index contributed by atoms with van der Waals surface area (Å²) in [6, 6.07) is 5.97. The van der Waals surface area contributed by atoms with Crippen molar-refractivity contribution in [3.63, 3.8) is 0 Å². The number of aryl methyl sites for hydroxylation is 1. The Hall–Kier alpha value is -2.88. The third-order valence-corrected chi connectivity index (χ3v) is 9.21. The molecule has 36 heavy (non-hydrogen) atoms. The van der Waals surface area contributed by atoms with E-state index in [-0.39, 0.29) is 25.5 Å². The predicted octanol–water partition coefficient (Wildman–Crippen LogP) is 4.54. The lowest BCUT2D eigenvalue weighted by Crippen LogP contribution is -2.45. The average molecular weight is 523 g/mol. The van der Waals surface area contributed by atoms with Crippen molar-refractivity contribution in [2.45, 2.75) is 42.0 Å². The highest BCUT2D eigenvalue weighted by molar-refractivity contribution is 7.99. The molecular weight excluding hydrogens is 492 g/mol. The van der Waals surface area contributed by atoms with Crippen molar-refractivity contribution in [1.29, 1.82) is 0 Å². The van der Waals surface area contributed by atoms with E-state index in [1.165, 1.54) is 22.2 Å². The first-order valence-corrected chi connectivity index (χ1v) is 13.1. The topological polar surface area (TPSA) is 88.5 Å². The van der Waals surface area contributed by atoms with Crippen molar-refractivity contribution in [1.82, 2.24) is 24.3 Å². The van der Waals surface area contributed by atoms with Gasteiger partial charge in [-0.1, -0.05) is 29.4 Å². The minimum atomic E-state index is -0.0885. The van der Waals surface area contributed by atoms with Crippen LogP contribution in [0.3, 0.4) is 0 Å². The van der Waals surface area contributed by atoms with E-state index in [4.69, 9.17) is 25.1 Å². The van der Waals surface area contributed by atoms with Crippen LogP contribution in [0, 0.1) is 12.3 Å². The van der Waals surface area contributed by atoms with Crippen molar-refractivity contribution in [3.8, 4) is 0 Å². The number of rotatable bonds is 4. The summed E-state index contributed by atoms with van der Waals surface area (Å²) in [5.74, 6) is 1.32. The van der Waals surface area contributed by atoms with Crippen molar-refractivity contribution in [2.75, 3.05) is 36.9 Å². The maximum absolute atomic E-state index is 7.69. The van der Waals surface area contributed by atoms with Gasteiger partial charge in [-0.15, -0.1) is 0 Å². The van der Waals surface area contributed by atoms with E-state index in [9.17, 15) is 0 Å². The molecule has 0 radical (unpaired) electrons. The zero-order chi connectivity index (χ0) is 26.4. The largest absolute Gasteiger partial charge is 0.361 e. The molecule has 1 saturated heterocycles. The Morgan fingerprint density at radius 2 is 2.00 bits per heavy atom. The van der Waals surface area contributed by atoms with Gasteiger partial charge in [0.2, 0.25) is 5.95 Å². The normalized spacial score (nSPS) is 19.4. The number of nitrogens with two attached hydrogens (primary N) is 1. The molecule has 0 amide bonds. The van der Waals surface area contributed by atoms with E-state index in [1.54, 1.807) is 12.4 Å². The van der Waals surface area contributed by atoms with Crippen molar-refractivity contribution >= 4 is 40.8 Å². The van der Waals surface area contributed by atoms with Gasteiger partial charge in [0.15, 0.2) is 5.65 Å².